The average Bonchev–Trinajstić information content (AvgIpc) is 3.17. The lowest BCUT2D eigenvalue weighted by Gasteiger charge is -2.34. The zero-order valence-corrected chi connectivity index (χ0v) is 15.7. The Morgan fingerprint density at radius 1 is 1.00 bits per heavy atom. The van der Waals surface area contributed by atoms with Gasteiger partial charge in [-0.15, -0.1) is 0 Å². The quantitative estimate of drug-likeness (QED) is 0.766. The summed E-state index contributed by atoms with van der Waals surface area (Å²) in [7, 11) is 0. The predicted molar refractivity (Wildman–Crippen MR) is 103 cm³/mol. The second-order valence-electron chi connectivity index (χ2n) is 7.16. The molecule has 3 heterocycles. The third-order valence-corrected chi connectivity index (χ3v) is 5.40. The highest BCUT2D eigenvalue weighted by molar-refractivity contribution is 5.96. The minimum Gasteiger partial charge on any atom is -0.336 e. The van der Waals surface area contributed by atoms with E-state index in [1.165, 1.54) is 18.2 Å². The van der Waals surface area contributed by atoms with Gasteiger partial charge in [0.1, 0.15) is 5.82 Å². The normalized spacial score (nSPS) is 17.0. The average molecular weight is 382 g/mol. The van der Waals surface area contributed by atoms with Gasteiger partial charge in [0, 0.05) is 44.4 Å². The zero-order valence-electron chi connectivity index (χ0n) is 15.7. The molecule has 6 nitrogen and oxygen atoms in total. The summed E-state index contributed by atoms with van der Waals surface area (Å²) in [4.78, 5) is 28.7. The summed E-state index contributed by atoms with van der Waals surface area (Å²) in [5, 5.41) is 4.34. The molecular formula is C21H23FN4O2. The number of hydrogen-bond acceptors (Lipinski definition) is 3. The van der Waals surface area contributed by atoms with Crippen LogP contribution < -0.4 is 0 Å². The number of aromatic nitrogens is 2. The van der Waals surface area contributed by atoms with Gasteiger partial charge < -0.3 is 9.80 Å². The smallest absolute Gasteiger partial charge is 0.257 e. The number of hydrogen-bond donors (Lipinski definition) is 0. The maximum atomic E-state index is 13.6. The van der Waals surface area contributed by atoms with Crippen LogP contribution in [0.25, 0.3) is 6.08 Å². The molecule has 2 aliphatic rings. The summed E-state index contributed by atoms with van der Waals surface area (Å²) in [5.41, 5.74) is 2.11. The standard InChI is InChI=1S/C21H23FN4O2/c22-18-6-2-1-5-16(18)8-9-20(27)24-11-13-25(14-12-24)21(28)17-15-23-26-10-4-3-7-19(17)26/h1-2,5-6,8-9,15H,3-4,7,10-14H2/b9-8+. The number of carbonyl (C=O) groups is 2. The van der Waals surface area contributed by atoms with Crippen molar-refractivity contribution in [3.63, 3.8) is 0 Å². The summed E-state index contributed by atoms with van der Waals surface area (Å²) >= 11 is 0. The minimum atomic E-state index is -0.355. The molecule has 7 heteroatoms. The van der Waals surface area contributed by atoms with Crippen LogP contribution in [0.5, 0.6) is 0 Å². The van der Waals surface area contributed by atoms with Crippen LogP contribution in [0.15, 0.2) is 36.5 Å². The van der Waals surface area contributed by atoms with Crippen LogP contribution in [-0.2, 0) is 17.8 Å². The van der Waals surface area contributed by atoms with Crippen LogP contribution in [0.3, 0.4) is 0 Å². The van der Waals surface area contributed by atoms with Crippen LogP contribution in [0.2, 0.25) is 0 Å². The minimum absolute atomic E-state index is 0.00264. The molecule has 4 rings (SSSR count). The molecule has 0 unspecified atom stereocenters. The Balaban J connectivity index is 1.35. The maximum absolute atomic E-state index is 13.6. The van der Waals surface area contributed by atoms with Gasteiger partial charge in [-0.2, -0.15) is 5.10 Å². The third kappa shape index (κ3) is 3.69. The molecular weight excluding hydrogens is 359 g/mol. The first-order chi connectivity index (χ1) is 13.6. The molecule has 2 aliphatic heterocycles. The topological polar surface area (TPSA) is 58.4 Å². The molecule has 0 bridgehead atoms. The van der Waals surface area contributed by atoms with Crippen molar-refractivity contribution in [3.8, 4) is 0 Å². The Morgan fingerprint density at radius 2 is 1.75 bits per heavy atom. The number of benzene rings is 1. The highest BCUT2D eigenvalue weighted by Gasteiger charge is 2.27. The molecule has 0 radical (unpaired) electrons. The van der Waals surface area contributed by atoms with Crippen molar-refractivity contribution in [1.82, 2.24) is 19.6 Å². The van der Waals surface area contributed by atoms with Gasteiger partial charge in [0.05, 0.1) is 17.5 Å². The van der Waals surface area contributed by atoms with Crippen molar-refractivity contribution in [1.29, 1.82) is 0 Å². The number of amides is 2. The van der Waals surface area contributed by atoms with Crippen molar-refractivity contribution in [2.24, 2.45) is 0 Å². The van der Waals surface area contributed by atoms with Crippen LogP contribution in [0, 0.1) is 5.82 Å². The zero-order chi connectivity index (χ0) is 19.5. The molecule has 1 aromatic carbocycles. The second-order valence-corrected chi connectivity index (χ2v) is 7.16. The lowest BCUT2D eigenvalue weighted by Crippen LogP contribution is -2.50. The van der Waals surface area contributed by atoms with Gasteiger partial charge in [0.2, 0.25) is 5.91 Å². The van der Waals surface area contributed by atoms with E-state index in [0.29, 0.717) is 37.3 Å². The summed E-state index contributed by atoms with van der Waals surface area (Å²) in [5.74, 6) is -0.526. The molecule has 2 aromatic rings. The van der Waals surface area contributed by atoms with Gasteiger partial charge in [-0.05, 0) is 31.4 Å². The summed E-state index contributed by atoms with van der Waals surface area (Å²) in [6.07, 6.45) is 7.64. The second kappa shape index (κ2) is 7.96. The lowest BCUT2D eigenvalue weighted by molar-refractivity contribution is -0.127. The van der Waals surface area contributed by atoms with E-state index < -0.39 is 0 Å². The predicted octanol–water partition coefficient (Wildman–Crippen LogP) is 2.36. The van der Waals surface area contributed by atoms with E-state index >= 15 is 0 Å². The molecule has 1 saturated heterocycles. The van der Waals surface area contributed by atoms with Crippen molar-refractivity contribution in [2.45, 2.75) is 25.8 Å². The lowest BCUT2D eigenvalue weighted by atomic mass is 10.1. The van der Waals surface area contributed by atoms with Crippen molar-refractivity contribution >= 4 is 17.9 Å². The van der Waals surface area contributed by atoms with Crippen molar-refractivity contribution in [3.05, 3.63) is 59.2 Å². The number of piperazine rings is 1. The highest BCUT2D eigenvalue weighted by Crippen LogP contribution is 2.20. The largest absolute Gasteiger partial charge is 0.336 e. The Labute approximate surface area is 163 Å². The molecule has 0 aliphatic carbocycles. The van der Waals surface area contributed by atoms with Crippen LogP contribution >= 0.6 is 0 Å². The molecule has 146 valence electrons. The van der Waals surface area contributed by atoms with E-state index in [-0.39, 0.29) is 17.6 Å². The number of rotatable bonds is 3. The van der Waals surface area contributed by atoms with E-state index in [4.69, 9.17) is 0 Å². The fourth-order valence-corrected chi connectivity index (χ4v) is 3.78. The van der Waals surface area contributed by atoms with E-state index in [1.54, 1.807) is 34.2 Å². The molecule has 2 amide bonds. The fourth-order valence-electron chi connectivity index (χ4n) is 3.78. The van der Waals surface area contributed by atoms with Gasteiger partial charge in [-0.1, -0.05) is 18.2 Å². The van der Waals surface area contributed by atoms with Crippen molar-refractivity contribution in [2.75, 3.05) is 26.2 Å². The molecule has 0 saturated carbocycles. The number of aryl methyl sites for hydroxylation is 1. The van der Waals surface area contributed by atoms with E-state index in [0.717, 1.165) is 31.5 Å². The van der Waals surface area contributed by atoms with E-state index in [1.807, 2.05) is 4.68 Å². The first-order valence-corrected chi connectivity index (χ1v) is 9.69. The van der Waals surface area contributed by atoms with Crippen LogP contribution in [0.1, 0.15) is 34.5 Å². The summed E-state index contributed by atoms with van der Waals surface area (Å²) < 4.78 is 15.6. The van der Waals surface area contributed by atoms with Crippen molar-refractivity contribution < 1.29 is 14.0 Å². The maximum Gasteiger partial charge on any atom is 0.257 e. The number of halogens is 1. The monoisotopic (exact) mass is 382 g/mol. The third-order valence-electron chi connectivity index (χ3n) is 5.40. The van der Waals surface area contributed by atoms with E-state index in [2.05, 4.69) is 5.10 Å². The Kier molecular flexibility index (Phi) is 5.23. The molecule has 1 aromatic heterocycles. The number of nitrogens with zero attached hydrogens (tertiary/aromatic N) is 4. The fraction of sp³-hybridized carbons (Fsp3) is 0.381. The first kappa shape index (κ1) is 18.4. The first-order valence-electron chi connectivity index (χ1n) is 9.69. The summed E-state index contributed by atoms with van der Waals surface area (Å²) in [6.45, 7) is 2.79. The van der Waals surface area contributed by atoms with Gasteiger partial charge in [-0.3, -0.25) is 14.3 Å². The highest BCUT2D eigenvalue weighted by atomic mass is 19.1. The van der Waals surface area contributed by atoms with Gasteiger partial charge in [0.15, 0.2) is 0 Å². The molecule has 0 N–H and O–H groups in total. The Hall–Kier alpha value is -2.96. The molecule has 0 spiro atoms. The summed E-state index contributed by atoms with van der Waals surface area (Å²) in [6, 6.07) is 6.34. The SMILES string of the molecule is O=C(/C=C/c1ccccc1F)N1CCN(C(=O)c2cnn3c2CCCC3)CC1. The van der Waals surface area contributed by atoms with E-state index in [9.17, 15) is 14.0 Å². The van der Waals surface area contributed by atoms with Gasteiger partial charge in [-0.25, -0.2) is 4.39 Å². The van der Waals surface area contributed by atoms with Crippen LogP contribution in [0.4, 0.5) is 4.39 Å². The Morgan fingerprint density at radius 3 is 2.54 bits per heavy atom. The molecule has 1 fully saturated rings. The number of fused-ring (bicyclic) bond motifs is 1. The molecule has 0 atom stereocenters. The Bertz CT molecular complexity index is 913. The number of carbonyl (C=O) groups excluding carboxylic acids is 2. The van der Waals surface area contributed by atoms with Gasteiger partial charge in [0.25, 0.3) is 5.91 Å². The molecule has 28 heavy (non-hydrogen) atoms. The van der Waals surface area contributed by atoms with Crippen LogP contribution in [-0.4, -0.2) is 57.6 Å². The van der Waals surface area contributed by atoms with Gasteiger partial charge >= 0.3 is 0 Å².